The molecule has 0 bridgehead atoms. The molecule has 1 N–H and O–H groups in total. The lowest BCUT2D eigenvalue weighted by atomic mass is 10.1. The second-order valence-electron chi connectivity index (χ2n) is 10.4. The number of aromatic nitrogens is 1. The van der Waals surface area contributed by atoms with Crippen LogP contribution in [0.2, 0.25) is 0 Å². The minimum absolute atomic E-state index is 0.0464. The van der Waals surface area contributed by atoms with Gasteiger partial charge in [-0.05, 0) is 72.7 Å². The minimum Gasteiger partial charge on any atom is -0.385 e. The first kappa shape index (κ1) is 30.0. The molecular weight excluding hydrogens is 517 g/mol. The van der Waals surface area contributed by atoms with Crippen LogP contribution in [0.4, 0.5) is 4.39 Å². The molecule has 1 heterocycles. The molecule has 0 aliphatic rings. The Morgan fingerprint density at radius 3 is 2.32 bits per heavy atom. The van der Waals surface area contributed by atoms with Crippen molar-refractivity contribution in [3.63, 3.8) is 0 Å². The standard InChI is InChI=1S/C34H40FN3O3/c1-3-4-8-26-11-15-28(16-12-26)34(40)38(20-7-22-41-2)25-33(39)37(24-27-13-17-30(35)18-14-27)21-19-29-23-36-32-10-6-5-9-31(29)32/h5-6,9-18,23,36H,3-4,7-8,19-22,24-25H2,1-2H3. The van der Waals surface area contributed by atoms with Crippen LogP contribution in [0.3, 0.4) is 0 Å². The van der Waals surface area contributed by atoms with Gasteiger partial charge >= 0.3 is 0 Å². The summed E-state index contributed by atoms with van der Waals surface area (Å²) in [5, 5.41) is 1.13. The highest BCUT2D eigenvalue weighted by Gasteiger charge is 2.23. The highest BCUT2D eigenvalue weighted by molar-refractivity contribution is 5.96. The number of unbranched alkanes of at least 4 members (excludes halogenated alkanes) is 1. The second-order valence-corrected chi connectivity index (χ2v) is 10.4. The van der Waals surface area contributed by atoms with Gasteiger partial charge in [0.25, 0.3) is 5.91 Å². The molecule has 0 aliphatic heterocycles. The fourth-order valence-electron chi connectivity index (χ4n) is 4.99. The normalized spacial score (nSPS) is 11.1. The van der Waals surface area contributed by atoms with E-state index in [4.69, 9.17) is 4.74 Å². The summed E-state index contributed by atoms with van der Waals surface area (Å²) < 4.78 is 18.8. The van der Waals surface area contributed by atoms with Crippen molar-refractivity contribution in [2.45, 2.75) is 45.6 Å². The number of aromatic amines is 1. The number of para-hydroxylation sites is 1. The van der Waals surface area contributed by atoms with Crippen molar-refractivity contribution in [1.82, 2.24) is 14.8 Å². The quantitative estimate of drug-likeness (QED) is 0.172. The Bertz CT molecular complexity index is 1400. The zero-order valence-electron chi connectivity index (χ0n) is 24.1. The number of amides is 2. The van der Waals surface area contributed by atoms with Gasteiger partial charge in [0.05, 0.1) is 0 Å². The monoisotopic (exact) mass is 557 g/mol. The summed E-state index contributed by atoms with van der Waals surface area (Å²) in [6, 6.07) is 22.0. The van der Waals surface area contributed by atoms with Crippen molar-refractivity contribution < 1.29 is 18.7 Å². The summed E-state index contributed by atoms with van der Waals surface area (Å²) >= 11 is 0. The number of fused-ring (bicyclic) bond motifs is 1. The topological polar surface area (TPSA) is 65.6 Å². The maximum Gasteiger partial charge on any atom is 0.254 e. The molecule has 0 atom stereocenters. The number of methoxy groups -OCH3 is 1. The molecule has 41 heavy (non-hydrogen) atoms. The smallest absolute Gasteiger partial charge is 0.254 e. The summed E-state index contributed by atoms with van der Waals surface area (Å²) in [4.78, 5) is 34.1. The third-order valence-corrected chi connectivity index (χ3v) is 7.38. The number of carbonyl (C=O) groups excluding carboxylic acids is 2. The van der Waals surface area contributed by atoms with Crippen LogP contribution in [0.15, 0.2) is 79.0 Å². The number of aryl methyl sites for hydroxylation is 1. The van der Waals surface area contributed by atoms with E-state index in [-0.39, 0.29) is 24.2 Å². The van der Waals surface area contributed by atoms with Gasteiger partial charge < -0.3 is 19.5 Å². The van der Waals surface area contributed by atoms with E-state index in [1.165, 1.54) is 17.7 Å². The van der Waals surface area contributed by atoms with Crippen LogP contribution in [-0.2, 0) is 28.9 Å². The number of carbonyl (C=O) groups is 2. The Balaban J connectivity index is 1.52. The largest absolute Gasteiger partial charge is 0.385 e. The average molecular weight is 558 g/mol. The van der Waals surface area contributed by atoms with E-state index in [9.17, 15) is 14.0 Å². The van der Waals surface area contributed by atoms with Crippen LogP contribution in [0.1, 0.15) is 53.2 Å². The Hall–Kier alpha value is -3.97. The molecule has 216 valence electrons. The zero-order chi connectivity index (χ0) is 29.0. The first-order chi connectivity index (χ1) is 20.0. The van der Waals surface area contributed by atoms with Crippen LogP contribution < -0.4 is 0 Å². The Kier molecular flexibility index (Phi) is 11.1. The van der Waals surface area contributed by atoms with Gasteiger partial charge in [-0.15, -0.1) is 0 Å². The van der Waals surface area contributed by atoms with Gasteiger partial charge in [-0.1, -0.05) is 55.8 Å². The molecule has 4 aromatic rings. The lowest BCUT2D eigenvalue weighted by molar-refractivity contribution is -0.132. The van der Waals surface area contributed by atoms with Crippen LogP contribution in [-0.4, -0.2) is 59.9 Å². The molecule has 4 rings (SSSR count). The van der Waals surface area contributed by atoms with Crippen LogP contribution in [0.25, 0.3) is 10.9 Å². The molecule has 0 saturated heterocycles. The van der Waals surface area contributed by atoms with Crippen LogP contribution in [0.5, 0.6) is 0 Å². The summed E-state index contributed by atoms with van der Waals surface area (Å²) in [6.45, 7) is 3.80. The Labute approximate surface area is 242 Å². The Morgan fingerprint density at radius 1 is 0.854 bits per heavy atom. The predicted octanol–water partition coefficient (Wildman–Crippen LogP) is 6.40. The van der Waals surface area contributed by atoms with Gasteiger partial charge in [0.1, 0.15) is 12.4 Å². The predicted molar refractivity (Wildman–Crippen MR) is 161 cm³/mol. The zero-order valence-corrected chi connectivity index (χ0v) is 24.1. The van der Waals surface area contributed by atoms with E-state index < -0.39 is 0 Å². The van der Waals surface area contributed by atoms with E-state index in [2.05, 4.69) is 18.0 Å². The summed E-state index contributed by atoms with van der Waals surface area (Å²) in [5.74, 6) is -0.643. The van der Waals surface area contributed by atoms with Crippen molar-refractivity contribution in [3.8, 4) is 0 Å². The lowest BCUT2D eigenvalue weighted by Gasteiger charge is -2.28. The van der Waals surface area contributed by atoms with Crippen molar-refractivity contribution in [3.05, 3.63) is 107 Å². The molecule has 0 spiro atoms. The van der Waals surface area contributed by atoms with Gasteiger partial charge in [-0.2, -0.15) is 0 Å². The first-order valence-corrected chi connectivity index (χ1v) is 14.4. The maximum atomic E-state index is 13.8. The fourth-order valence-corrected chi connectivity index (χ4v) is 4.99. The number of benzene rings is 3. The summed E-state index contributed by atoms with van der Waals surface area (Å²) in [6.07, 6.45) is 6.45. The Morgan fingerprint density at radius 2 is 1.59 bits per heavy atom. The number of rotatable bonds is 15. The molecular formula is C34H40FN3O3. The van der Waals surface area contributed by atoms with E-state index in [1.54, 1.807) is 29.0 Å². The number of hydrogen-bond acceptors (Lipinski definition) is 3. The molecule has 0 radical (unpaired) electrons. The van der Waals surface area contributed by atoms with Crippen molar-refractivity contribution in [1.29, 1.82) is 0 Å². The first-order valence-electron chi connectivity index (χ1n) is 14.4. The average Bonchev–Trinajstić information content (AvgIpc) is 3.41. The number of hydrogen-bond donors (Lipinski definition) is 1. The number of halogens is 1. The van der Waals surface area contributed by atoms with Gasteiger partial charge in [0.2, 0.25) is 5.91 Å². The molecule has 0 saturated carbocycles. The molecule has 7 heteroatoms. The van der Waals surface area contributed by atoms with Crippen LogP contribution >= 0.6 is 0 Å². The third-order valence-electron chi connectivity index (χ3n) is 7.38. The highest BCUT2D eigenvalue weighted by atomic mass is 19.1. The molecule has 1 aromatic heterocycles. The van der Waals surface area contributed by atoms with Crippen molar-refractivity contribution in [2.24, 2.45) is 0 Å². The van der Waals surface area contributed by atoms with E-state index in [1.807, 2.05) is 48.7 Å². The maximum absolute atomic E-state index is 13.8. The SMILES string of the molecule is CCCCc1ccc(C(=O)N(CCCOC)CC(=O)N(CCc2c[nH]c3ccccc23)Cc2ccc(F)cc2)cc1. The molecule has 0 aliphatic carbocycles. The van der Waals surface area contributed by atoms with Gasteiger partial charge in [0, 0.05) is 56.0 Å². The van der Waals surface area contributed by atoms with E-state index in [0.717, 1.165) is 41.3 Å². The second kappa shape index (κ2) is 15.1. The van der Waals surface area contributed by atoms with Gasteiger partial charge in [-0.25, -0.2) is 4.39 Å². The van der Waals surface area contributed by atoms with E-state index in [0.29, 0.717) is 44.6 Å². The number of nitrogens with one attached hydrogen (secondary N) is 1. The van der Waals surface area contributed by atoms with Gasteiger partial charge in [-0.3, -0.25) is 9.59 Å². The number of ether oxygens (including phenoxy) is 1. The van der Waals surface area contributed by atoms with Crippen LogP contribution in [0, 0.1) is 5.82 Å². The highest BCUT2D eigenvalue weighted by Crippen LogP contribution is 2.19. The molecule has 3 aromatic carbocycles. The molecule has 0 fully saturated rings. The van der Waals surface area contributed by atoms with Gasteiger partial charge in [0.15, 0.2) is 0 Å². The molecule has 6 nitrogen and oxygen atoms in total. The lowest BCUT2D eigenvalue weighted by Crippen LogP contribution is -2.44. The molecule has 2 amide bonds. The fraction of sp³-hybridized carbons (Fsp3) is 0.353. The summed E-state index contributed by atoms with van der Waals surface area (Å²) in [7, 11) is 1.63. The summed E-state index contributed by atoms with van der Waals surface area (Å²) in [5.41, 5.74) is 4.77. The molecule has 0 unspecified atom stereocenters. The van der Waals surface area contributed by atoms with Crippen molar-refractivity contribution >= 4 is 22.7 Å². The minimum atomic E-state index is -0.318. The van der Waals surface area contributed by atoms with Crippen molar-refractivity contribution in [2.75, 3.05) is 33.4 Å². The number of nitrogens with zero attached hydrogens (tertiary/aromatic N) is 2. The third kappa shape index (κ3) is 8.51. The van der Waals surface area contributed by atoms with E-state index >= 15 is 0 Å². The number of H-pyrrole nitrogens is 1.